The molecule has 2 N–H and O–H groups in total. The fourth-order valence-electron chi connectivity index (χ4n) is 0.869. The van der Waals surface area contributed by atoms with E-state index >= 15 is 0 Å². The van der Waals surface area contributed by atoms with Crippen molar-refractivity contribution in [2.24, 2.45) is 5.14 Å². The molecule has 0 bridgehead atoms. The second-order valence-corrected chi connectivity index (χ2v) is 2.79. The van der Waals surface area contributed by atoms with E-state index < -0.39 is 10.0 Å². The minimum absolute atomic E-state index is 0.0278. The van der Waals surface area contributed by atoms with Crippen molar-refractivity contribution in [2.45, 2.75) is 0 Å². The minimum Gasteiger partial charge on any atom is -0.280 e. The van der Waals surface area contributed by atoms with Crippen LogP contribution in [0.1, 0.15) is 10.4 Å². The zero-order valence-electron chi connectivity index (χ0n) is 6.47. The molecule has 0 saturated heterocycles. The number of benzene rings is 1. The van der Waals surface area contributed by atoms with E-state index in [1.807, 2.05) is 0 Å². The maximum atomic E-state index is 11.1. The van der Waals surface area contributed by atoms with Gasteiger partial charge in [0.15, 0.2) is 0 Å². The second-order valence-electron chi connectivity index (χ2n) is 2.18. The third-order valence-electron chi connectivity index (χ3n) is 1.43. The summed E-state index contributed by atoms with van der Waals surface area (Å²) < 4.78 is 0. The zero-order valence-corrected chi connectivity index (χ0v) is 7.28. The van der Waals surface area contributed by atoms with Gasteiger partial charge in [-0.05, 0) is 18.0 Å². The second kappa shape index (κ2) is 4.01. The number of hydrogen-bond acceptors (Lipinski definition) is 5. The molecule has 0 heterocycles. The van der Waals surface area contributed by atoms with Crippen LogP contribution >= 0.6 is 11.9 Å². The first-order valence-electron chi connectivity index (χ1n) is 3.31. The number of nitro groups is 1. The number of para-hydroxylation sites is 1. The van der Waals surface area contributed by atoms with E-state index in [0.29, 0.717) is 11.9 Å². The molecule has 0 aromatic heterocycles. The van der Waals surface area contributed by atoms with Crippen LogP contribution in [-0.4, -0.2) is 10.0 Å². The Balaban J connectivity index is 3.19. The highest BCUT2D eigenvalue weighted by atomic mass is 32.2. The molecule has 0 atom stereocenters. The first-order chi connectivity index (χ1) is 6.16. The van der Waals surface area contributed by atoms with E-state index in [1.165, 1.54) is 18.2 Å². The molecule has 1 rings (SSSR count). The van der Waals surface area contributed by atoms with Gasteiger partial charge in [0.05, 0.1) is 4.92 Å². The fourth-order valence-corrected chi connectivity index (χ4v) is 1.17. The summed E-state index contributed by atoms with van der Waals surface area (Å²) in [6.07, 6.45) is 0. The molecular formula is C7H6N2O3S. The van der Waals surface area contributed by atoms with Crippen molar-refractivity contribution < 1.29 is 9.72 Å². The van der Waals surface area contributed by atoms with Gasteiger partial charge in [-0.25, -0.2) is 0 Å². The SMILES string of the molecule is NSC(=O)c1ccccc1[N+](=O)[O-]. The molecule has 5 nitrogen and oxygen atoms in total. The van der Waals surface area contributed by atoms with Gasteiger partial charge in [0.2, 0.25) is 5.12 Å². The summed E-state index contributed by atoms with van der Waals surface area (Å²) in [6.45, 7) is 0. The van der Waals surface area contributed by atoms with Crippen molar-refractivity contribution >= 4 is 22.8 Å². The number of nitro benzene ring substituents is 1. The van der Waals surface area contributed by atoms with Gasteiger partial charge in [-0.15, -0.1) is 0 Å². The van der Waals surface area contributed by atoms with Crippen LogP contribution in [0, 0.1) is 10.1 Å². The maximum absolute atomic E-state index is 11.1. The fraction of sp³-hybridized carbons (Fsp3) is 0. The number of hydrogen-bond donors (Lipinski definition) is 1. The van der Waals surface area contributed by atoms with Crippen LogP contribution in [0.2, 0.25) is 0 Å². The Labute approximate surface area is 78.2 Å². The molecular weight excluding hydrogens is 192 g/mol. The highest BCUT2D eigenvalue weighted by molar-refractivity contribution is 8.12. The number of carbonyl (C=O) groups is 1. The average molecular weight is 198 g/mol. The van der Waals surface area contributed by atoms with E-state index in [4.69, 9.17) is 5.14 Å². The van der Waals surface area contributed by atoms with Crippen LogP contribution in [0.3, 0.4) is 0 Å². The molecule has 68 valence electrons. The summed E-state index contributed by atoms with van der Waals surface area (Å²) in [5.74, 6) is 0. The molecule has 1 aromatic rings. The summed E-state index contributed by atoms with van der Waals surface area (Å²) in [7, 11) is 0. The Kier molecular flexibility index (Phi) is 2.99. The van der Waals surface area contributed by atoms with Crippen LogP contribution in [-0.2, 0) is 0 Å². The van der Waals surface area contributed by atoms with Crippen LogP contribution in [0.25, 0.3) is 0 Å². The van der Waals surface area contributed by atoms with Crippen LogP contribution in [0.15, 0.2) is 24.3 Å². The first kappa shape index (κ1) is 9.69. The van der Waals surface area contributed by atoms with Gasteiger partial charge in [0.25, 0.3) is 5.69 Å². The van der Waals surface area contributed by atoms with Gasteiger partial charge in [0.1, 0.15) is 5.56 Å². The predicted octanol–water partition coefficient (Wildman–Crippen LogP) is 1.34. The van der Waals surface area contributed by atoms with Crippen LogP contribution in [0.4, 0.5) is 5.69 Å². The molecule has 0 aliphatic heterocycles. The molecule has 1 aromatic carbocycles. The first-order valence-corrected chi connectivity index (χ1v) is 4.19. The van der Waals surface area contributed by atoms with Crippen molar-refractivity contribution in [1.82, 2.24) is 0 Å². The highest BCUT2D eigenvalue weighted by Crippen LogP contribution is 2.20. The molecule has 0 saturated carbocycles. The zero-order chi connectivity index (χ0) is 9.84. The van der Waals surface area contributed by atoms with E-state index in [1.54, 1.807) is 6.07 Å². The van der Waals surface area contributed by atoms with E-state index in [9.17, 15) is 14.9 Å². The Morgan fingerprint density at radius 2 is 2.08 bits per heavy atom. The molecule has 6 heteroatoms. The standard InChI is InChI=1S/C7H6N2O3S/c8-13-7(10)5-3-1-2-4-6(5)9(11)12/h1-4H,8H2. The molecule has 0 fully saturated rings. The molecule has 0 unspecified atom stereocenters. The third kappa shape index (κ3) is 2.04. The minimum atomic E-state index is -0.608. The van der Waals surface area contributed by atoms with Crippen LogP contribution < -0.4 is 5.14 Å². The lowest BCUT2D eigenvalue weighted by atomic mass is 10.2. The normalized spacial score (nSPS) is 9.62. The van der Waals surface area contributed by atoms with Gasteiger partial charge in [-0.3, -0.25) is 20.0 Å². The summed E-state index contributed by atoms with van der Waals surface area (Å²) in [4.78, 5) is 20.9. The van der Waals surface area contributed by atoms with Gasteiger partial charge < -0.3 is 0 Å². The predicted molar refractivity (Wildman–Crippen MR) is 49.2 cm³/mol. The van der Waals surface area contributed by atoms with Gasteiger partial charge in [-0.2, -0.15) is 0 Å². The summed E-state index contributed by atoms with van der Waals surface area (Å²) >= 11 is 0.466. The van der Waals surface area contributed by atoms with Gasteiger partial charge >= 0.3 is 0 Å². The number of carbonyl (C=O) groups excluding carboxylic acids is 1. The Hall–Kier alpha value is -1.40. The van der Waals surface area contributed by atoms with Gasteiger partial charge in [-0.1, -0.05) is 12.1 Å². The number of rotatable bonds is 2. The molecule has 0 aliphatic carbocycles. The van der Waals surface area contributed by atoms with Crippen molar-refractivity contribution in [3.63, 3.8) is 0 Å². The molecule has 0 radical (unpaired) electrons. The van der Waals surface area contributed by atoms with Crippen molar-refractivity contribution in [3.05, 3.63) is 39.9 Å². The lowest BCUT2D eigenvalue weighted by Crippen LogP contribution is -2.02. The monoisotopic (exact) mass is 198 g/mol. The maximum Gasteiger partial charge on any atom is 0.281 e. The quantitative estimate of drug-likeness (QED) is 0.440. The van der Waals surface area contributed by atoms with E-state index in [0.717, 1.165) is 0 Å². The molecule has 0 aliphatic rings. The van der Waals surface area contributed by atoms with E-state index in [2.05, 4.69) is 0 Å². The number of nitrogens with zero attached hydrogens (tertiary/aromatic N) is 1. The average Bonchev–Trinajstić information content (AvgIpc) is 2.16. The lowest BCUT2D eigenvalue weighted by molar-refractivity contribution is -0.385. The largest absolute Gasteiger partial charge is 0.281 e. The summed E-state index contributed by atoms with van der Waals surface area (Å²) in [5.41, 5.74) is -0.189. The number of nitrogens with two attached hydrogens (primary N) is 1. The molecule has 0 spiro atoms. The topological polar surface area (TPSA) is 86.2 Å². The smallest absolute Gasteiger partial charge is 0.280 e. The van der Waals surface area contributed by atoms with Crippen LogP contribution in [0.5, 0.6) is 0 Å². The Morgan fingerprint density at radius 1 is 1.46 bits per heavy atom. The Morgan fingerprint density at radius 3 is 2.62 bits per heavy atom. The van der Waals surface area contributed by atoms with Gasteiger partial charge in [0, 0.05) is 6.07 Å². The van der Waals surface area contributed by atoms with Crippen molar-refractivity contribution in [1.29, 1.82) is 0 Å². The van der Waals surface area contributed by atoms with Crippen molar-refractivity contribution in [2.75, 3.05) is 0 Å². The molecule has 0 amide bonds. The third-order valence-corrected chi connectivity index (χ3v) is 1.86. The lowest BCUT2D eigenvalue weighted by Gasteiger charge is -1.97. The summed E-state index contributed by atoms with van der Waals surface area (Å²) in [5, 5.41) is 15.0. The van der Waals surface area contributed by atoms with Crippen molar-refractivity contribution in [3.8, 4) is 0 Å². The summed E-state index contributed by atoms with van der Waals surface area (Å²) in [6, 6.07) is 5.69. The Bertz CT molecular complexity index is 353. The van der Waals surface area contributed by atoms with E-state index in [-0.39, 0.29) is 11.3 Å². The molecule has 13 heavy (non-hydrogen) atoms. The highest BCUT2D eigenvalue weighted by Gasteiger charge is 2.18.